The number of carbonyl (C=O) groups excluding carboxylic acids is 2. The van der Waals surface area contributed by atoms with Crippen molar-refractivity contribution in [1.82, 2.24) is 14.9 Å². The number of Topliss-reactive ketones (excluding diaryl/α,β-unsaturated/α-hetero) is 1. The molecule has 0 fully saturated rings. The van der Waals surface area contributed by atoms with E-state index in [-0.39, 0.29) is 23.5 Å². The zero-order valence-corrected chi connectivity index (χ0v) is 16.7. The molecule has 1 N–H and O–H groups in total. The maximum Gasteiger partial charge on any atom is 0.287 e. The first kappa shape index (κ1) is 19.4. The van der Waals surface area contributed by atoms with Crippen molar-refractivity contribution in [2.45, 2.75) is 19.9 Å². The van der Waals surface area contributed by atoms with Crippen molar-refractivity contribution in [2.24, 2.45) is 0 Å². The summed E-state index contributed by atoms with van der Waals surface area (Å²) in [6.07, 6.45) is 5.34. The van der Waals surface area contributed by atoms with Gasteiger partial charge in [-0.05, 0) is 43.7 Å². The molecule has 6 nitrogen and oxygen atoms in total. The van der Waals surface area contributed by atoms with E-state index in [0.29, 0.717) is 11.3 Å². The zero-order valence-electron chi connectivity index (χ0n) is 16.7. The van der Waals surface area contributed by atoms with Gasteiger partial charge in [-0.25, -0.2) is 4.98 Å². The molecule has 0 radical (unpaired) electrons. The van der Waals surface area contributed by atoms with E-state index in [2.05, 4.69) is 10.3 Å². The standard InChI is InChI=1S/C24H21N3O3/c1-16(18-7-9-21(10-8-18)27-14-13-25-15-27)26-24(29)23-12-11-22(30-23)20-5-3-19(4-6-20)17(2)28/h3-16H,1-2H3,(H,26,29). The van der Waals surface area contributed by atoms with Gasteiger partial charge in [0.15, 0.2) is 11.5 Å². The molecule has 0 aliphatic heterocycles. The zero-order chi connectivity index (χ0) is 21.1. The highest BCUT2D eigenvalue weighted by Crippen LogP contribution is 2.23. The summed E-state index contributed by atoms with van der Waals surface area (Å²) in [6.45, 7) is 3.45. The smallest absolute Gasteiger partial charge is 0.287 e. The normalized spacial score (nSPS) is 11.8. The molecular formula is C24H21N3O3. The Kier molecular flexibility index (Phi) is 5.30. The summed E-state index contributed by atoms with van der Waals surface area (Å²) < 4.78 is 7.65. The van der Waals surface area contributed by atoms with Gasteiger partial charge in [0.1, 0.15) is 5.76 Å². The van der Waals surface area contributed by atoms with Crippen molar-refractivity contribution < 1.29 is 14.0 Å². The number of amides is 1. The number of hydrogen-bond acceptors (Lipinski definition) is 4. The van der Waals surface area contributed by atoms with Gasteiger partial charge < -0.3 is 14.3 Å². The number of imidazole rings is 1. The average Bonchev–Trinajstić information content (AvgIpc) is 3.46. The van der Waals surface area contributed by atoms with Crippen LogP contribution in [-0.4, -0.2) is 21.2 Å². The van der Waals surface area contributed by atoms with Gasteiger partial charge in [-0.3, -0.25) is 9.59 Å². The summed E-state index contributed by atoms with van der Waals surface area (Å²) in [6, 6.07) is 18.2. The summed E-state index contributed by atoms with van der Waals surface area (Å²) >= 11 is 0. The van der Waals surface area contributed by atoms with Crippen LogP contribution in [0.5, 0.6) is 0 Å². The molecule has 2 aromatic carbocycles. The van der Waals surface area contributed by atoms with Crippen LogP contribution in [0.1, 0.15) is 46.4 Å². The molecule has 2 aromatic heterocycles. The first-order valence-corrected chi connectivity index (χ1v) is 9.61. The second-order valence-corrected chi connectivity index (χ2v) is 7.05. The highest BCUT2D eigenvalue weighted by atomic mass is 16.3. The van der Waals surface area contributed by atoms with Gasteiger partial charge in [0.25, 0.3) is 5.91 Å². The Morgan fingerprint density at radius 1 is 1.00 bits per heavy atom. The molecule has 4 rings (SSSR count). The van der Waals surface area contributed by atoms with E-state index in [4.69, 9.17) is 4.42 Å². The van der Waals surface area contributed by atoms with Gasteiger partial charge in [-0.1, -0.05) is 36.4 Å². The number of nitrogens with one attached hydrogen (secondary N) is 1. The minimum absolute atomic E-state index is 0.00751. The van der Waals surface area contributed by atoms with Crippen LogP contribution in [0, 0.1) is 0 Å². The van der Waals surface area contributed by atoms with Crippen LogP contribution in [0.2, 0.25) is 0 Å². The maximum atomic E-state index is 12.6. The van der Waals surface area contributed by atoms with Crippen molar-refractivity contribution in [1.29, 1.82) is 0 Å². The van der Waals surface area contributed by atoms with Gasteiger partial charge in [-0.15, -0.1) is 0 Å². The molecule has 30 heavy (non-hydrogen) atoms. The molecular weight excluding hydrogens is 378 g/mol. The number of hydrogen-bond donors (Lipinski definition) is 1. The summed E-state index contributed by atoms with van der Waals surface area (Å²) in [5.41, 5.74) is 3.43. The van der Waals surface area contributed by atoms with Gasteiger partial charge in [-0.2, -0.15) is 0 Å². The number of nitrogens with zero attached hydrogens (tertiary/aromatic N) is 2. The minimum atomic E-state index is -0.284. The number of aromatic nitrogens is 2. The number of rotatable bonds is 6. The van der Waals surface area contributed by atoms with E-state index in [9.17, 15) is 9.59 Å². The fraction of sp³-hybridized carbons (Fsp3) is 0.125. The van der Waals surface area contributed by atoms with Crippen LogP contribution in [0.15, 0.2) is 83.8 Å². The Bertz CT molecular complexity index is 1160. The van der Waals surface area contributed by atoms with Crippen LogP contribution in [0.4, 0.5) is 0 Å². The lowest BCUT2D eigenvalue weighted by molar-refractivity contribution is 0.0912. The molecule has 150 valence electrons. The van der Waals surface area contributed by atoms with E-state index in [1.165, 1.54) is 6.92 Å². The van der Waals surface area contributed by atoms with Gasteiger partial charge in [0.2, 0.25) is 0 Å². The first-order valence-electron chi connectivity index (χ1n) is 9.61. The average molecular weight is 399 g/mol. The fourth-order valence-electron chi connectivity index (χ4n) is 3.18. The number of ketones is 1. The Morgan fingerprint density at radius 2 is 1.73 bits per heavy atom. The largest absolute Gasteiger partial charge is 0.451 e. The molecule has 2 heterocycles. The van der Waals surface area contributed by atoms with Crippen molar-refractivity contribution >= 4 is 11.7 Å². The van der Waals surface area contributed by atoms with E-state index in [1.54, 1.807) is 36.8 Å². The number of furan rings is 1. The van der Waals surface area contributed by atoms with Crippen molar-refractivity contribution in [2.75, 3.05) is 0 Å². The Balaban J connectivity index is 1.43. The lowest BCUT2D eigenvalue weighted by Gasteiger charge is -2.14. The lowest BCUT2D eigenvalue weighted by Crippen LogP contribution is -2.26. The van der Waals surface area contributed by atoms with Crippen molar-refractivity contribution in [3.05, 3.63) is 96.3 Å². The fourth-order valence-corrected chi connectivity index (χ4v) is 3.18. The van der Waals surface area contributed by atoms with Gasteiger partial charge in [0.05, 0.1) is 12.4 Å². The molecule has 0 spiro atoms. The number of carbonyl (C=O) groups is 2. The maximum absolute atomic E-state index is 12.6. The van der Waals surface area contributed by atoms with E-state index in [1.807, 2.05) is 54.1 Å². The Hall–Kier alpha value is -3.93. The van der Waals surface area contributed by atoms with Gasteiger partial charge in [0, 0.05) is 29.2 Å². The SMILES string of the molecule is CC(=O)c1ccc(-c2ccc(C(=O)NC(C)c3ccc(-n4ccnc4)cc3)o2)cc1. The third-order valence-electron chi connectivity index (χ3n) is 4.95. The van der Waals surface area contributed by atoms with Crippen molar-refractivity contribution in [3.8, 4) is 17.0 Å². The summed E-state index contributed by atoms with van der Waals surface area (Å²) in [5, 5.41) is 2.96. The lowest BCUT2D eigenvalue weighted by atomic mass is 10.1. The molecule has 0 aliphatic carbocycles. The minimum Gasteiger partial charge on any atom is -0.451 e. The van der Waals surface area contributed by atoms with Crippen LogP contribution in [0.3, 0.4) is 0 Å². The molecule has 0 aliphatic rings. The Morgan fingerprint density at radius 3 is 2.37 bits per heavy atom. The van der Waals surface area contributed by atoms with Gasteiger partial charge >= 0.3 is 0 Å². The molecule has 6 heteroatoms. The Labute approximate surface area is 174 Å². The molecule has 0 bridgehead atoms. The monoisotopic (exact) mass is 399 g/mol. The molecule has 1 unspecified atom stereocenters. The molecule has 4 aromatic rings. The van der Waals surface area contributed by atoms with Crippen LogP contribution < -0.4 is 5.32 Å². The number of benzene rings is 2. The van der Waals surface area contributed by atoms with E-state index >= 15 is 0 Å². The highest BCUT2D eigenvalue weighted by molar-refractivity contribution is 5.94. The third-order valence-corrected chi connectivity index (χ3v) is 4.95. The summed E-state index contributed by atoms with van der Waals surface area (Å²) in [5.74, 6) is 0.538. The molecule has 0 saturated heterocycles. The third kappa shape index (κ3) is 4.07. The summed E-state index contributed by atoms with van der Waals surface area (Å²) in [7, 11) is 0. The predicted octanol–water partition coefficient (Wildman–Crippen LogP) is 4.83. The second kappa shape index (κ2) is 8.21. The quantitative estimate of drug-likeness (QED) is 0.471. The predicted molar refractivity (Wildman–Crippen MR) is 114 cm³/mol. The topological polar surface area (TPSA) is 77.1 Å². The molecule has 1 amide bonds. The van der Waals surface area contributed by atoms with Crippen molar-refractivity contribution in [3.63, 3.8) is 0 Å². The summed E-state index contributed by atoms with van der Waals surface area (Å²) in [4.78, 5) is 28.1. The van der Waals surface area contributed by atoms with Crippen LogP contribution in [0.25, 0.3) is 17.0 Å². The van der Waals surface area contributed by atoms with E-state index in [0.717, 1.165) is 16.8 Å². The second-order valence-electron chi connectivity index (χ2n) is 7.05. The van der Waals surface area contributed by atoms with E-state index < -0.39 is 0 Å². The highest BCUT2D eigenvalue weighted by Gasteiger charge is 2.16. The molecule has 0 saturated carbocycles. The first-order chi connectivity index (χ1) is 14.5. The molecule has 1 atom stereocenters. The van der Waals surface area contributed by atoms with Crippen LogP contribution in [-0.2, 0) is 0 Å². The van der Waals surface area contributed by atoms with Crippen LogP contribution >= 0.6 is 0 Å².